The molecule has 1 saturated heterocycles. The topological polar surface area (TPSA) is 55.4 Å². The van der Waals surface area contributed by atoms with E-state index in [1.807, 2.05) is 6.07 Å². The van der Waals surface area contributed by atoms with E-state index in [-0.39, 0.29) is 17.7 Å². The third kappa shape index (κ3) is 4.31. The van der Waals surface area contributed by atoms with Crippen LogP contribution in [0.4, 0.5) is 0 Å². The highest BCUT2D eigenvalue weighted by Crippen LogP contribution is 2.33. The van der Waals surface area contributed by atoms with Crippen LogP contribution in [-0.2, 0) is 14.8 Å². The lowest BCUT2D eigenvalue weighted by Gasteiger charge is -2.29. The van der Waals surface area contributed by atoms with Crippen molar-refractivity contribution in [3.8, 4) is 0 Å². The van der Waals surface area contributed by atoms with Crippen LogP contribution in [-0.4, -0.2) is 33.4 Å². The summed E-state index contributed by atoms with van der Waals surface area (Å²) in [5, 5.41) is 0. The Morgan fingerprint density at radius 3 is 2.41 bits per heavy atom. The Hall–Kier alpha value is -0.910. The fourth-order valence-electron chi connectivity index (χ4n) is 3.60. The largest absolute Gasteiger partial charge is 0.381 e. The van der Waals surface area contributed by atoms with E-state index in [4.69, 9.17) is 4.74 Å². The van der Waals surface area contributed by atoms with Crippen LogP contribution in [0, 0.1) is 5.92 Å². The minimum absolute atomic E-state index is 0.104. The maximum absolute atomic E-state index is 12.2. The number of hydrogen-bond acceptors (Lipinski definition) is 3. The molecule has 0 spiro atoms. The first-order valence-corrected chi connectivity index (χ1v) is 9.90. The van der Waals surface area contributed by atoms with Crippen LogP contribution < -0.4 is 4.72 Å². The van der Waals surface area contributed by atoms with Gasteiger partial charge in [0, 0.05) is 12.6 Å². The van der Waals surface area contributed by atoms with Crippen LogP contribution in [0.5, 0.6) is 0 Å². The van der Waals surface area contributed by atoms with Gasteiger partial charge in [-0.3, -0.25) is 0 Å². The molecule has 1 N–H and O–H groups in total. The SMILES string of the molecule is O=S(=O)(CC1CCOC1)NC1CCC(c2ccccc2)CC1. The van der Waals surface area contributed by atoms with E-state index in [0.29, 0.717) is 19.1 Å². The van der Waals surface area contributed by atoms with Gasteiger partial charge in [-0.05, 0) is 49.5 Å². The Morgan fingerprint density at radius 2 is 1.77 bits per heavy atom. The Bertz CT molecular complexity index is 559. The van der Waals surface area contributed by atoms with Crippen molar-refractivity contribution < 1.29 is 13.2 Å². The molecule has 22 heavy (non-hydrogen) atoms. The molecule has 1 aliphatic carbocycles. The zero-order chi connectivity index (χ0) is 15.4. The van der Waals surface area contributed by atoms with Crippen LogP contribution in [0.1, 0.15) is 43.6 Å². The monoisotopic (exact) mass is 323 g/mol. The van der Waals surface area contributed by atoms with Crippen LogP contribution in [0.2, 0.25) is 0 Å². The molecule has 4 nitrogen and oxygen atoms in total. The highest BCUT2D eigenvalue weighted by Gasteiger charge is 2.28. The maximum atomic E-state index is 12.2. The summed E-state index contributed by atoms with van der Waals surface area (Å²) in [6.07, 6.45) is 4.84. The first kappa shape index (κ1) is 16.0. The minimum Gasteiger partial charge on any atom is -0.381 e. The van der Waals surface area contributed by atoms with E-state index in [1.165, 1.54) is 5.56 Å². The highest BCUT2D eigenvalue weighted by atomic mass is 32.2. The molecule has 2 fully saturated rings. The first-order valence-electron chi connectivity index (χ1n) is 8.25. The summed E-state index contributed by atoms with van der Waals surface area (Å²) < 4.78 is 32.7. The number of sulfonamides is 1. The van der Waals surface area contributed by atoms with Gasteiger partial charge in [0.05, 0.1) is 12.4 Å². The van der Waals surface area contributed by atoms with Crippen molar-refractivity contribution in [1.82, 2.24) is 4.72 Å². The van der Waals surface area contributed by atoms with Gasteiger partial charge < -0.3 is 4.74 Å². The number of rotatable bonds is 5. The third-order valence-corrected chi connectivity index (χ3v) is 6.43. The van der Waals surface area contributed by atoms with E-state index < -0.39 is 10.0 Å². The van der Waals surface area contributed by atoms with E-state index in [9.17, 15) is 8.42 Å². The third-order valence-electron chi connectivity index (χ3n) is 4.82. The summed E-state index contributed by atoms with van der Waals surface area (Å²) in [4.78, 5) is 0. The van der Waals surface area contributed by atoms with Gasteiger partial charge in [-0.15, -0.1) is 0 Å². The van der Waals surface area contributed by atoms with Gasteiger partial charge in [-0.25, -0.2) is 13.1 Å². The van der Waals surface area contributed by atoms with Gasteiger partial charge in [0.25, 0.3) is 0 Å². The maximum Gasteiger partial charge on any atom is 0.212 e. The van der Waals surface area contributed by atoms with Crippen molar-refractivity contribution in [1.29, 1.82) is 0 Å². The molecule has 0 bridgehead atoms. The molecule has 0 radical (unpaired) electrons. The molecule has 1 atom stereocenters. The lowest BCUT2D eigenvalue weighted by molar-refractivity contribution is 0.188. The Balaban J connectivity index is 1.49. The predicted octanol–water partition coefficient (Wildman–Crippen LogP) is 2.67. The molecule has 1 unspecified atom stereocenters. The molecule has 0 amide bonds. The number of benzene rings is 1. The van der Waals surface area contributed by atoms with Crippen molar-refractivity contribution in [2.75, 3.05) is 19.0 Å². The zero-order valence-electron chi connectivity index (χ0n) is 12.9. The molecule has 3 rings (SSSR count). The van der Waals surface area contributed by atoms with E-state index in [0.717, 1.165) is 32.1 Å². The van der Waals surface area contributed by atoms with Gasteiger partial charge in [-0.1, -0.05) is 30.3 Å². The van der Waals surface area contributed by atoms with E-state index >= 15 is 0 Å². The summed E-state index contributed by atoms with van der Waals surface area (Å²) >= 11 is 0. The summed E-state index contributed by atoms with van der Waals surface area (Å²) in [6, 6.07) is 10.6. The summed E-state index contributed by atoms with van der Waals surface area (Å²) in [5.41, 5.74) is 1.38. The second-order valence-electron chi connectivity index (χ2n) is 6.59. The van der Waals surface area contributed by atoms with Crippen molar-refractivity contribution in [2.45, 2.75) is 44.1 Å². The fraction of sp³-hybridized carbons (Fsp3) is 0.647. The molecule has 1 saturated carbocycles. The van der Waals surface area contributed by atoms with Gasteiger partial charge in [0.1, 0.15) is 0 Å². The Labute approximate surface area is 133 Å². The molecular weight excluding hydrogens is 298 g/mol. The zero-order valence-corrected chi connectivity index (χ0v) is 13.7. The average Bonchev–Trinajstić information content (AvgIpc) is 3.00. The van der Waals surface area contributed by atoms with Crippen LogP contribution in [0.25, 0.3) is 0 Å². The van der Waals surface area contributed by atoms with Crippen molar-refractivity contribution in [3.05, 3.63) is 35.9 Å². The molecule has 5 heteroatoms. The molecule has 2 aliphatic rings. The van der Waals surface area contributed by atoms with Gasteiger partial charge in [0.15, 0.2) is 0 Å². The smallest absolute Gasteiger partial charge is 0.212 e. The Morgan fingerprint density at radius 1 is 1.05 bits per heavy atom. The van der Waals surface area contributed by atoms with Crippen molar-refractivity contribution in [2.24, 2.45) is 5.92 Å². The fourth-order valence-corrected chi connectivity index (χ4v) is 5.32. The van der Waals surface area contributed by atoms with Gasteiger partial charge in [-0.2, -0.15) is 0 Å². The molecule has 0 aromatic heterocycles. The second kappa shape index (κ2) is 7.11. The number of nitrogens with one attached hydrogen (secondary N) is 1. The van der Waals surface area contributed by atoms with E-state index in [2.05, 4.69) is 29.0 Å². The summed E-state index contributed by atoms with van der Waals surface area (Å²) in [6.45, 7) is 1.28. The average molecular weight is 323 g/mol. The molecule has 1 heterocycles. The predicted molar refractivity (Wildman–Crippen MR) is 87.3 cm³/mol. The van der Waals surface area contributed by atoms with Gasteiger partial charge >= 0.3 is 0 Å². The van der Waals surface area contributed by atoms with Crippen LogP contribution in [0.3, 0.4) is 0 Å². The summed E-state index contributed by atoms with van der Waals surface area (Å²) in [5.74, 6) is 0.953. The molecule has 1 aromatic carbocycles. The van der Waals surface area contributed by atoms with Crippen molar-refractivity contribution in [3.63, 3.8) is 0 Å². The molecule has 122 valence electrons. The van der Waals surface area contributed by atoms with Crippen LogP contribution >= 0.6 is 0 Å². The molecule has 1 aromatic rings. The standard InChI is InChI=1S/C17H25NO3S/c19-22(20,13-14-10-11-21-12-14)18-17-8-6-16(7-9-17)15-4-2-1-3-5-15/h1-5,14,16-18H,6-13H2. The Kier molecular flexibility index (Phi) is 5.16. The second-order valence-corrected chi connectivity index (χ2v) is 8.39. The normalized spacial score (nSPS) is 29.5. The minimum atomic E-state index is -3.18. The van der Waals surface area contributed by atoms with Crippen LogP contribution in [0.15, 0.2) is 30.3 Å². The lowest BCUT2D eigenvalue weighted by atomic mass is 9.82. The van der Waals surface area contributed by atoms with Gasteiger partial charge in [0.2, 0.25) is 10.0 Å². The quantitative estimate of drug-likeness (QED) is 0.906. The molecular formula is C17H25NO3S. The molecule has 1 aliphatic heterocycles. The lowest BCUT2D eigenvalue weighted by Crippen LogP contribution is -2.40. The number of ether oxygens (including phenoxy) is 1. The first-order chi connectivity index (χ1) is 10.6. The highest BCUT2D eigenvalue weighted by molar-refractivity contribution is 7.89. The number of hydrogen-bond donors (Lipinski definition) is 1. The van der Waals surface area contributed by atoms with E-state index in [1.54, 1.807) is 0 Å². The van der Waals surface area contributed by atoms with Crippen molar-refractivity contribution >= 4 is 10.0 Å². The summed E-state index contributed by atoms with van der Waals surface area (Å²) in [7, 11) is -3.18.